The van der Waals surface area contributed by atoms with Crippen LogP contribution in [0, 0.1) is 0 Å². The van der Waals surface area contributed by atoms with Gasteiger partial charge in [-0.2, -0.15) is 0 Å². The van der Waals surface area contributed by atoms with Crippen LogP contribution >= 0.6 is 0 Å². The number of ether oxygens (including phenoxy) is 1. The van der Waals surface area contributed by atoms with Crippen LogP contribution in [0.15, 0.2) is 18.2 Å². The monoisotopic (exact) mass is 265 g/mol. The molecule has 1 aromatic carbocycles. The van der Waals surface area contributed by atoms with Gasteiger partial charge < -0.3 is 19.8 Å². The number of methoxy groups -OCH3 is 1. The molecule has 2 N–H and O–H groups in total. The topological polar surface area (TPSA) is 70.0 Å². The smallest absolute Gasteiger partial charge is 0.257 e. The fourth-order valence-corrected chi connectivity index (χ4v) is 2.42. The number of aliphatic hydroxyl groups is 1. The van der Waals surface area contributed by atoms with Gasteiger partial charge in [-0.3, -0.25) is 4.79 Å². The lowest BCUT2D eigenvalue weighted by molar-refractivity contribution is -0.0860. The zero-order valence-corrected chi connectivity index (χ0v) is 11.2. The fourth-order valence-electron chi connectivity index (χ4n) is 2.42. The van der Waals surface area contributed by atoms with E-state index in [-0.39, 0.29) is 17.2 Å². The summed E-state index contributed by atoms with van der Waals surface area (Å²) in [5.41, 5.74) is -0.559. The van der Waals surface area contributed by atoms with E-state index >= 15 is 0 Å². The third-order valence-electron chi connectivity index (χ3n) is 3.41. The molecule has 0 aromatic heterocycles. The normalized spacial score (nSPS) is 16.9. The highest BCUT2D eigenvalue weighted by Crippen LogP contribution is 2.30. The number of nitrogens with zero attached hydrogens (tertiary/aromatic N) is 1. The van der Waals surface area contributed by atoms with Gasteiger partial charge in [0, 0.05) is 0 Å². The SMILES string of the molecule is CCCC1(O)CN(C(=O)c2cc(OC)ccc2O)C1. The zero-order valence-electron chi connectivity index (χ0n) is 11.2. The predicted molar refractivity (Wildman–Crippen MR) is 70.4 cm³/mol. The van der Waals surface area contributed by atoms with Gasteiger partial charge in [0.05, 0.1) is 31.4 Å². The molecule has 1 amide bonds. The summed E-state index contributed by atoms with van der Waals surface area (Å²) in [7, 11) is 1.50. The molecule has 0 atom stereocenters. The molecule has 0 aliphatic carbocycles. The Bertz CT molecular complexity index is 480. The van der Waals surface area contributed by atoms with Crippen molar-refractivity contribution in [1.82, 2.24) is 4.90 Å². The summed E-state index contributed by atoms with van der Waals surface area (Å²) in [6, 6.07) is 4.54. The summed E-state index contributed by atoms with van der Waals surface area (Å²) in [4.78, 5) is 13.7. The van der Waals surface area contributed by atoms with Crippen molar-refractivity contribution >= 4 is 5.91 Å². The zero-order chi connectivity index (χ0) is 14.0. The third-order valence-corrected chi connectivity index (χ3v) is 3.41. The highest BCUT2D eigenvalue weighted by atomic mass is 16.5. The second-order valence-corrected chi connectivity index (χ2v) is 5.02. The number of phenolic OH excluding ortho intramolecular Hbond substituents is 1. The van der Waals surface area contributed by atoms with Gasteiger partial charge in [-0.15, -0.1) is 0 Å². The van der Waals surface area contributed by atoms with Crippen molar-refractivity contribution in [2.75, 3.05) is 20.2 Å². The lowest BCUT2D eigenvalue weighted by Crippen LogP contribution is -2.63. The Morgan fingerprint density at radius 3 is 2.74 bits per heavy atom. The van der Waals surface area contributed by atoms with Gasteiger partial charge in [0.2, 0.25) is 0 Å². The molecule has 0 radical (unpaired) electrons. The number of amides is 1. The van der Waals surface area contributed by atoms with Gasteiger partial charge in [0.15, 0.2) is 0 Å². The standard InChI is InChI=1S/C14H19NO4/c1-3-6-14(18)8-15(9-14)13(17)11-7-10(19-2)4-5-12(11)16/h4-5,7,16,18H,3,6,8-9H2,1-2H3. The van der Waals surface area contributed by atoms with E-state index in [1.54, 1.807) is 6.07 Å². The number of benzene rings is 1. The number of carbonyl (C=O) groups excluding carboxylic acids is 1. The first-order chi connectivity index (χ1) is 8.99. The molecule has 5 nitrogen and oxygen atoms in total. The molecule has 19 heavy (non-hydrogen) atoms. The van der Waals surface area contributed by atoms with Gasteiger partial charge in [0.25, 0.3) is 5.91 Å². The van der Waals surface area contributed by atoms with E-state index in [0.717, 1.165) is 6.42 Å². The summed E-state index contributed by atoms with van der Waals surface area (Å²) < 4.78 is 5.04. The van der Waals surface area contributed by atoms with E-state index in [0.29, 0.717) is 25.3 Å². The Labute approximate surface area is 112 Å². The Morgan fingerprint density at radius 2 is 2.16 bits per heavy atom. The number of rotatable bonds is 4. The summed E-state index contributed by atoms with van der Waals surface area (Å²) in [5.74, 6) is 0.166. The van der Waals surface area contributed by atoms with Crippen LogP contribution in [0.4, 0.5) is 0 Å². The van der Waals surface area contributed by atoms with Gasteiger partial charge in [-0.1, -0.05) is 13.3 Å². The molecular weight excluding hydrogens is 246 g/mol. The highest BCUT2D eigenvalue weighted by molar-refractivity contribution is 5.97. The van der Waals surface area contributed by atoms with Gasteiger partial charge in [-0.05, 0) is 24.6 Å². The van der Waals surface area contributed by atoms with Crippen LogP contribution in [0.3, 0.4) is 0 Å². The molecule has 1 fully saturated rings. The molecule has 104 valence electrons. The lowest BCUT2D eigenvalue weighted by atomic mass is 9.88. The number of likely N-dealkylation sites (tertiary alicyclic amines) is 1. The molecule has 1 aliphatic rings. The van der Waals surface area contributed by atoms with Crippen LogP contribution < -0.4 is 4.74 Å². The maximum atomic E-state index is 12.2. The van der Waals surface area contributed by atoms with Gasteiger partial charge in [0.1, 0.15) is 11.5 Å². The van der Waals surface area contributed by atoms with Crippen molar-refractivity contribution < 1.29 is 19.7 Å². The van der Waals surface area contributed by atoms with Crippen LogP contribution in [-0.4, -0.2) is 46.8 Å². The van der Waals surface area contributed by atoms with E-state index in [1.165, 1.54) is 24.1 Å². The number of phenols is 1. The molecule has 1 aliphatic heterocycles. The summed E-state index contributed by atoms with van der Waals surface area (Å²) in [6.07, 6.45) is 1.56. The molecule has 1 saturated heterocycles. The quantitative estimate of drug-likeness (QED) is 0.863. The van der Waals surface area contributed by atoms with Crippen molar-refractivity contribution in [2.24, 2.45) is 0 Å². The van der Waals surface area contributed by atoms with Crippen molar-refractivity contribution in [3.63, 3.8) is 0 Å². The minimum atomic E-state index is -0.765. The first-order valence-electron chi connectivity index (χ1n) is 6.38. The second-order valence-electron chi connectivity index (χ2n) is 5.02. The first-order valence-corrected chi connectivity index (χ1v) is 6.38. The molecule has 0 saturated carbocycles. The van der Waals surface area contributed by atoms with E-state index in [1.807, 2.05) is 6.92 Å². The fraction of sp³-hybridized carbons (Fsp3) is 0.500. The Hall–Kier alpha value is -1.75. The van der Waals surface area contributed by atoms with Crippen molar-refractivity contribution in [1.29, 1.82) is 0 Å². The predicted octanol–water partition coefficient (Wildman–Crippen LogP) is 1.39. The molecule has 1 heterocycles. The van der Waals surface area contributed by atoms with Gasteiger partial charge in [-0.25, -0.2) is 0 Å². The minimum absolute atomic E-state index is 0.0725. The molecule has 0 unspecified atom stereocenters. The molecule has 5 heteroatoms. The van der Waals surface area contributed by atoms with Crippen molar-refractivity contribution in [3.05, 3.63) is 23.8 Å². The average molecular weight is 265 g/mol. The maximum Gasteiger partial charge on any atom is 0.257 e. The number of hydrogen-bond donors (Lipinski definition) is 2. The summed E-state index contributed by atoms with van der Waals surface area (Å²) in [6.45, 7) is 2.63. The number of carbonyl (C=O) groups is 1. The highest BCUT2D eigenvalue weighted by Gasteiger charge is 2.43. The average Bonchev–Trinajstić information content (AvgIpc) is 2.36. The number of aromatic hydroxyl groups is 1. The Morgan fingerprint density at radius 1 is 1.47 bits per heavy atom. The van der Waals surface area contributed by atoms with Gasteiger partial charge >= 0.3 is 0 Å². The van der Waals surface area contributed by atoms with E-state index in [2.05, 4.69) is 0 Å². The maximum absolute atomic E-state index is 12.2. The number of β-amino-alcohol motifs (C(OH)–C–C–N with tert-alkyl or cyclic N) is 1. The van der Waals surface area contributed by atoms with Crippen LogP contribution in [0.25, 0.3) is 0 Å². The lowest BCUT2D eigenvalue weighted by Gasteiger charge is -2.46. The Balaban J connectivity index is 2.10. The van der Waals surface area contributed by atoms with Crippen LogP contribution in [0.1, 0.15) is 30.1 Å². The Kier molecular flexibility index (Phi) is 3.66. The molecule has 2 rings (SSSR count). The summed E-state index contributed by atoms with van der Waals surface area (Å²) >= 11 is 0. The third kappa shape index (κ3) is 2.66. The molecule has 0 bridgehead atoms. The van der Waals surface area contributed by atoms with Crippen LogP contribution in [-0.2, 0) is 0 Å². The van der Waals surface area contributed by atoms with Crippen LogP contribution in [0.2, 0.25) is 0 Å². The molecular formula is C14H19NO4. The minimum Gasteiger partial charge on any atom is -0.507 e. The van der Waals surface area contributed by atoms with Crippen LogP contribution in [0.5, 0.6) is 11.5 Å². The second kappa shape index (κ2) is 5.09. The summed E-state index contributed by atoms with van der Waals surface area (Å²) in [5, 5.41) is 19.8. The van der Waals surface area contributed by atoms with Crippen molar-refractivity contribution in [2.45, 2.75) is 25.4 Å². The van der Waals surface area contributed by atoms with Crippen molar-refractivity contribution in [3.8, 4) is 11.5 Å². The largest absolute Gasteiger partial charge is 0.507 e. The molecule has 1 aromatic rings. The first kappa shape index (κ1) is 13.7. The van der Waals surface area contributed by atoms with E-state index in [9.17, 15) is 15.0 Å². The molecule has 0 spiro atoms. The van der Waals surface area contributed by atoms with E-state index < -0.39 is 5.60 Å². The number of hydrogen-bond acceptors (Lipinski definition) is 4. The van der Waals surface area contributed by atoms with E-state index in [4.69, 9.17) is 4.74 Å².